The van der Waals surface area contributed by atoms with Crippen molar-refractivity contribution in [3.63, 3.8) is 0 Å². The second kappa shape index (κ2) is 8.96. The summed E-state index contributed by atoms with van der Waals surface area (Å²) in [5.41, 5.74) is 1.19. The van der Waals surface area contributed by atoms with Gasteiger partial charge in [0.1, 0.15) is 17.0 Å². The maximum Gasteiger partial charge on any atom is 0.342 e. The smallest absolute Gasteiger partial charge is 0.342 e. The topological polar surface area (TPSA) is 108 Å². The highest BCUT2D eigenvalue weighted by atomic mass is 16.5. The Kier molecular flexibility index (Phi) is 5.91. The number of hydrogen-bond donors (Lipinski definition) is 1. The molecule has 4 rings (SSSR count). The Labute approximate surface area is 188 Å². The standard InChI is InChI=1S/C25H20N2O6/c1-15-21(29)17-10-6-11-18(23(17)33-22(15)16-8-4-3-5-9-16)25(31)32-14-20(28)26-24(30)19-12-7-13-27(19)2/h3-13H,14H2,1-2H3,(H,26,28,30). The van der Waals surface area contributed by atoms with Crippen molar-refractivity contribution in [2.45, 2.75) is 6.92 Å². The lowest BCUT2D eigenvalue weighted by Gasteiger charge is -2.10. The molecule has 0 aliphatic carbocycles. The molecule has 8 heteroatoms. The van der Waals surface area contributed by atoms with Crippen LogP contribution < -0.4 is 10.7 Å². The molecule has 8 nitrogen and oxygen atoms in total. The highest BCUT2D eigenvalue weighted by Crippen LogP contribution is 2.27. The lowest BCUT2D eigenvalue weighted by molar-refractivity contribution is -0.123. The molecule has 2 aromatic heterocycles. The van der Waals surface area contributed by atoms with Crippen LogP contribution in [0, 0.1) is 6.92 Å². The van der Waals surface area contributed by atoms with Crippen molar-refractivity contribution in [2.75, 3.05) is 6.61 Å². The number of nitrogens with one attached hydrogen (secondary N) is 1. The fourth-order valence-electron chi connectivity index (χ4n) is 3.47. The molecule has 0 atom stereocenters. The maximum atomic E-state index is 12.9. The molecular weight excluding hydrogens is 424 g/mol. The number of imide groups is 1. The van der Waals surface area contributed by atoms with Gasteiger partial charge in [0.05, 0.1) is 5.39 Å². The molecule has 166 valence electrons. The molecule has 4 aromatic rings. The van der Waals surface area contributed by atoms with Gasteiger partial charge < -0.3 is 13.7 Å². The predicted molar refractivity (Wildman–Crippen MR) is 121 cm³/mol. The number of fused-ring (bicyclic) bond motifs is 1. The molecule has 1 N–H and O–H groups in total. The van der Waals surface area contributed by atoms with E-state index in [4.69, 9.17) is 9.15 Å². The molecule has 0 bridgehead atoms. The number of carbonyl (C=O) groups excluding carboxylic acids is 3. The van der Waals surface area contributed by atoms with E-state index in [2.05, 4.69) is 5.32 Å². The van der Waals surface area contributed by atoms with E-state index < -0.39 is 24.4 Å². The third kappa shape index (κ3) is 4.31. The fraction of sp³-hybridized carbons (Fsp3) is 0.120. The molecular formula is C25H20N2O6. The predicted octanol–water partition coefficient (Wildman–Crippen LogP) is 3.22. The van der Waals surface area contributed by atoms with E-state index in [1.54, 1.807) is 55.1 Å². The summed E-state index contributed by atoms with van der Waals surface area (Å²) >= 11 is 0. The molecule has 0 radical (unpaired) electrons. The molecule has 0 spiro atoms. The minimum atomic E-state index is -0.854. The summed E-state index contributed by atoms with van der Waals surface area (Å²) in [7, 11) is 1.67. The zero-order valence-corrected chi connectivity index (χ0v) is 18.0. The average Bonchev–Trinajstić information content (AvgIpc) is 3.26. The number of aromatic nitrogens is 1. The number of aryl methyl sites for hydroxylation is 1. The Morgan fingerprint density at radius 3 is 2.45 bits per heavy atom. The number of para-hydroxylation sites is 1. The van der Waals surface area contributed by atoms with Crippen LogP contribution in [0.4, 0.5) is 0 Å². The molecule has 2 heterocycles. The van der Waals surface area contributed by atoms with Gasteiger partial charge in [0, 0.05) is 24.4 Å². The third-order valence-electron chi connectivity index (χ3n) is 5.16. The Hall–Kier alpha value is -4.46. The van der Waals surface area contributed by atoms with Crippen molar-refractivity contribution in [2.24, 2.45) is 7.05 Å². The van der Waals surface area contributed by atoms with Crippen LogP contribution >= 0.6 is 0 Å². The lowest BCUT2D eigenvalue weighted by Crippen LogP contribution is -2.35. The van der Waals surface area contributed by atoms with Crippen LogP contribution in [0.1, 0.15) is 26.4 Å². The first kappa shape index (κ1) is 21.8. The highest BCUT2D eigenvalue weighted by molar-refractivity contribution is 6.06. The number of rotatable bonds is 5. The molecule has 0 aliphatic rings. The summed E-state index contributed by atoms with van der Waals surface area (Å²) in [4.78, 5) is 49.9. The maximum absolute atomic E-state index is 12.9. The lowest BCUT2D eigenvalue weighted by atomic mass is 10.0. The molecule has 0 saturated heterocycles. The largest absolute Gasteiger partial charge is 0.455 e. The zero-order chi connectivity index (χ0) is 23.5. The van der Waals surface area contributed by atoms with Gasteiger partial charge in [-0.05, 0) is 31.2 Å². The van der Waals surface area contributed by atoms with Gasteiger partial charge in [0.25, 0.3) is 11.8 Å². The van der Waals surface area contributed by atoms with E-state index in [1.807, 2.05) is 18.2 Å². The highest BCUT2D eigenvalue weighted by Gasteiger charge is 2.20. The van der Waals surface area contributed by atoms with Crippen molar-refractivity contribution in [1.82, 2.24) is 9.88 Å². The monoisotopic (exact) mass is 444 g/mol. The Bertz CT molecular complexity index is 1430. The first-order valence-corrected chi connectivity index (χ1v) is 10.1. The normalized spacial score (nSPS) is 10.7. The number of hydrogen-bond acceptors (Lipinski definition) is 6. The summed E-state index contributed by atoms with van der Waals surface area (Å²) in [6.07, 6.45) is 1.67. The van der Waals surface area contributed by atoms with Gasteiger partial charge >= 0.3 is 5.97 Å². The molecule has 0 aliphatic heterocycles. The number of nitrogens with zero attached hydrogens (tertiary/aromatic N) is 1. The van der Waals surface area contributed by atoms with Crippen LogP contribution in [0.15, 0.2) is 76.1 Å². The van der Waals surface area contributed by atoms with E-state index in [0.29, 0.717) is 16.9 Å². The minimum absolute atomic E-state index is 0.00309. The Balaban J connectivity index is 1.58. The average molecular weight is 444 g/mol. The Morgan fingerprint density at radius 2 is 1.76 bits per heavy atom. The second-order valence-electron chi connectivity index (χ2n) is 7.39. The van der Waals surface area contributed by atoms with Crippen molar-refractivity contribution in [3.05, 3.63) is 93.9 Å². The van der Waals surface area contributed by atoms with Gasteiger partial charge in [0.2, 0.25) is 0 Å². The summed E-state index contributed by atoms with van der Waals surface area (Å²) in [6, 6.07) is 16.8. The summed E-state index contributed by atoms with van der Waals surface area (Å²) < 4.78 is 12.6. The summed E-state index contributed by atoms with van der Waals surface area (Å²) in [5.74, 6) is -1.90. The molecule has 0 fully saturated rings. The van der Waals surface area contributed by atoms with Crippen LogP contribution in [0.2, 0.25) is 0 Å². The summed E-state index contributed by atoms with van der Waals surface area (Å²) in [5, 5.41) is 2.39. The SMILES string of the molecule is Cc1c(-c2ccccc2)oc2c(C(=O)OCC(=O)NC(=O)c3cccn3C)cccc2c1=O. The van der Waals surface area contributed by atoms with E-state index in [0.717, 1.165) is 0 Å². The zero-order valence-electron chi connectivity index (χ0n) is 18.0. The van der Waals surface area contributed by atoms with Gasteiger partial charge in [-0.1, -0.05) is 36.4 Å². The first-order valence-electron chi connectivity index (χ1n) is 10.1. The minimum Gasteiger partial charge on any atom is -0.455 e. The number of esters is 1. The third-order valence-corrected chi connectivity index (χ3v) is 5.16. The van der Waals surface area contributed by atoms with E-state index >= 15 is 0 Å². The number of ether oxygens (including phenoxy) is 1. The molecule has 0 unspecified atom stereocenters. The molecule has 0 saturated carbocycles. The van der Waals surface area contributed by atoms with Gasteiger partial charge in [-0.15, -0.1) is 0 Å². The van der Waals surface area contributed by atoms with Crippen LogP contribution in [0.5, 0.6) is 0 Å². The van der Waals surface area contributed by atoms with Crippen molar-refractivity contribution in [3.8, 4) is 11.3 Å². The van der Waals surface area contributed by atoms with Gasteiger partial charge in [-0.2, -0.15) is 0 Å². The molecule has 2 aromatic carbocycles. The van der Waals surface area contributed by atoms with Crippen molar-refractivity contribution < 1.29 is 23.5 Å². The second-order valence-corrected chi connectivity index (χ2v) is 7.39. The van der Waals surface area contributed by atoms with E-state index in [-0.39, 0.29) is 27.7 Å². The fourth-order valence-corrected chi connectivity index (χ4v) is 3.47. The van der Waals surface area contributed by atoms with Gasteiger partial charge in [0.15, 0.2) is 17.6 Å². The number of benzene rings is 2. The van der Waals surface area contributed by atoms with Crippen LogP contribution in [-0.4, -0.2) is 29.0 Å². The van der Waals surface area contributed by atoms with Gasteiger partial charge in [-0.3, -0.25) is 19.7 Å². The number of amides is 2. The van der Waals surface area contributed by atoms with Crippen LogP contribution in [-0.2, 0) is 16.6 Å². The van der Waals surface area contributed by atoms with Crippen LogP contribution in [0.3, 0.4) is 0 Å². The van der Waals surface area contributed by atoms with E-state index in [1.165, 1.54) is 12.1 Å². The molecule has 2 amide bonds. The molecule has 33 heavy (non-hydrogen) atoms. The summed E-state index contributed by atoms with van der Waals surface area (Å²) in [6.45, 7) is 0.986. The first-order chi connectivity index (χ1) is 15.9. The van der Waals surface area contributed by atoms with Gasteiger partial charge in [-0.25, -0.2) is 4.79 Å². The van der Waals surface area contributed by atoms with E-state index in [9.17, 15) is 19.2 Å². The quantitative estimate of drug-likeness (QED) is 0.474. The Morgan fingerprint density at radius 1 is 1.00 bits per heavy atom. The number of carbonyl (C=O) groups is 3. The van der Waals surface area contributed by atoms with Crippen molar-refractivity contribution in [1.29, 1.82) is 0 Å². The van der Waals surface area contributed by atoms with Crippen molar-refractivity contribution >= 4 is 28.8 Å². The van der Waals surface area contributed by atoms with Crippen LogP contribution in [0.25, 0.3) is 22.3 Å².